The van der Waals surface area contributed by atoms with Crippen LogP contribution in [0.25, 0.3) is 0 Å². The summed E-state index contributed by atoms with van der Waals surface area (Å²) in [6.07, 6.45) is 1.98. The van der Waals surface area contributed by atoms with E-state index in [1.165, 1.54) is 4.88 Å². The monoisotopic (exact) mass is 279 g/mol. The zero-order chi connectivity index (χ0) is 13.7. The standard InChI is InChI=1S/C13H21N5S/c1-11(2)17(10-13-4-3-7-19-13)8-12-9-18(6-5-14)16-15-12/h3-4,7,9,11H,5-6,8,10,14H2,1-2H3. The van der Waals surface area contributed by atoms with Crippen molar-refractivity contribution in [2.24, 2.45) is 5.73 Å². The van der Waals surface area contributed by atoms with Crippen LogP contribution in [-0.4, -0.2) is 32.5 Å². The number of nitrogens with zero attached hydrogens (tertiary/aromatic N) is 4. The van der Waals surface area contributed by atoms with Gasteiger partial charge in [0.1, 0.15) is 0 Å². The normalized spacial score (nSPS) is 11.6. The molecular weight excluding hydrogens is 258 g/mol. The quantitative estimate of drug-likeness (QED) is 0.838. The van der Waals surface area contributed by atoms with Crippen LogP contribution in [0.1, 0.15) is 24.4 Å². The van der Waals surface area contributed by atoms with Gasteiger partial charge in [0.15, 0.2) is 0 Å². The summed E-state index contributed by atoms with van der Waals surface area (Å²) >= 11 is 1.79. The Morgan fingerprint density at radius 2 is 2.26 bits per heavy atom. The molecule has 0 amide bonds. The molecule has 2 N–H and O–H groups in total. The second kappa shape index (κ2) is 6.79. The summed E-state index contributed by atoms with van der Waals surface area (Å²) in [4.78, 5) is 3.77. The Balaban J connectivity index is 1.99. The maximum atomic E-state index is 5.51. The molecule has 2 heterocycles. The van der Waals surface area contributed by atoms with Crippen LogP contribution in [-0.2, 0) is 19.6 Å². The number of hydrogen-bond acceptors (Lipinski definition) is 5. The molecule has 2 aromatic heterocycles. The first-order valence-electron chi connectivity index (χ1n) is 6.54. The summed E-state index contributed by atoms with van der Waals surface area (Å²) in [5, 5.41) is 10.4. The summed E-state index contributed by atoms with van der Waals surface area (Å²) in [5.74, 6) is 0. The molecule has 0 aliphatic heterocycles. The van der Waals surface area contributed by atoms with Crippen molar-refractivity contribution in [3.05, 3.63) is 34.3 Å². The Morgan fingerprint density at radius 1 is 1.42 bits per heavy atom. The zero-order valence-electron chi connectivity index (χ0n) is 11.5. The largest absolute Gasteiger partial charge is 0.329 e. The molecule has 0 atom stereocenters. The molecule has 0 aromatic carbocycles. The highest BCUT2D eigenvalue weighted by molar-refractivity contribution is 7.09. The number of thiophene rings is 1. The van der Waals surface area contributed by atoms with Gasteiger partial charge in [-0.05, 0) is 25.3 Å². The maximum Gasteiger partial charge on any atom is 0.0967 e. The summed E-state index contributed by atoms with van der Waals surface area (Å²) in [6.45, 7) is 7.50. The Morgan fingerprint density at radius 3 is 2.89 bits per heavy atom. The van der Waals surface area contributed by atoms with Crippen molar-refractivity contribution in [3.63, 3.8) is 0 Å². The lowest BCUT2D eigenvalue weighted by Gasteiger charge is -2.24. The Kier molecular flexibility index (Phi) is 5.07. The summed E-state index contributed by atoms with van der Waals surface area (Å²) in [5.41, 5.74) is 6.51. The first-order chi connectivity index (χ1) is 9.19. The van der Waals surface area contributed by atoms with Gasteiger partial charge in [-0.25, -0.2) is 0 Å². The second-order valence-corrected chi connectivity index (χ2v) is 5.87. The topological polar surface area (TPSA) is 60.0 Å². The van der Waals surface area contributed by atoms with E-state index in [4.69, 9.17) is 5.73 Å². The maximum absolute atomic E-state index is 5.51. The van der Waals surface area contributed by atoms with Gasteiger partial charge in [0.2, 0.25) is 0 Å². The van der Waals surface area contributed by atoms with E-state index in [0.717, 1.165) is 25.3 Å². The van der Waals surface area contributed by atoms with Crippen molar-refractivity contribution in [1.29, 1.82) is 0 Å². The fourth-order valence-corrected chi connectivity index (χ4v) is 2.61. The number of rotatable bonds is 7. The van der Waals surface area contributed by atoms with Gasteiger partial charge >= 0.3 is 0 Å². The van der Waals surface area contributed by atoms with Gasteiger partial charge in [-0.1, -0.05) is 11.3 Å². The van der Waals surface area contributed by atoms with Gasteiger partial charge in [0.05, 0.1) is 12.2 Å². The Hall–Kier alpha value is -1.24. The van der Waals surface area contributed by atoms with E-state index in [-0.39, 0.29) is 0 Å². The molecule has 0 bridgehead atoms. The summed E-state index contributed by atoms with van der Waals surface area (Å²) in [7, 11) is 0. The van der Waals surface area contributed by atoms with E-state index >= 15 is 0 Å². The van der Waals surface area contributed by atoms with E-state index < -0.39 is 0 Å². The van der Waals surface area contributed by atoms with E-state index in [0.29, 0.717) is 12.6 Å². The lowest BCUT2D eigenvalue weighted by molar-refractivity contribution is 0.203. The molecule has 104 valence electrons. The smallest absolute Gasteiger partial charge is 0.0967 e. The fraction of sp³-hybridized carbons (Fsp3) is 0.538. The van der Waals surface area contributed by atoms with Gasteiger partial charge < -0.3 is 5.73 Å². The van der Waals surface area contributed by atoms with Crippen LogP contribution < -0.4 is 5.73 Å². The minimum Gasteiger partial charge on any atom is -0.329 e. The minimum atomic E-state index is 0.474. The Labute approximate surface area is 118 Å². The number of nitrogens with two attached hydrogens (primary N) is 1. The van der Waals surface area contributed by atoms with Gasteiger partial charge in [0, 0.05) is 36.8 Å². The van der Waals surface area contributed by atoms with E-state index in [9.17, 15) is 0 Å². The van der Waals surface area contributed by atoms with Gasteiger partial charge in [0.25, 0.3) is 0 Å². The van der Waals surface area contributed by atoms with Gasteiger partial charge in [-0.3, -0.25) is 9.58 Å². The molecule has 2 aromatic rings. The SMILES string of the molecule is CC(C)N(Cc1cn(CCN)nn1)Cc1cccs1. The van der Waals surface area contributed by atoms with E-state index in [1.807, 2.05) is 6.20 Å². The molecule has 0 radical (unpaired) electrons. The third kappa shape index (κ3) is 4.12. The van der Waals surface area contributed by atoms with Crippen molar-refractivity contribution >= 4 is 11.3 Å². The van der Waals surface area contributed by atoms with Crippen LogP contribution in [0, 0.1) is 0 Å². The average Bonchev–Trinajstić information content (AvgIpc) is 3.01. The highest BCUT2D eigenvalue weighted by Gasteiger charge is 2.13. The first-order valence-corrected chi connectivity index (χ1v) is 7.42. The molecule has 0 spiro atoms. The van der Waals surface area contributed by atoms with Crippen molar-refractivity contribution in [2.45, 2.75) is 39.5 Å². The third-order valence-corrected chi connectivity index (χ3v) is 3.84. The van der Waals surface area contributed by atoms with Crippen LogP contribution in [0.2, 0.25) is 0 Å². The van der Waals surface area contributed by atoms with E-state index in [1.54, 1.807) is 16.0 Å². The molecule has 5 nitrogen and oxygen atoms in total. The molecule has 0 saturated heterocycles. The first kappa shape index (κ1) is 14.2. The zero-order valence-corrected chi connectivity index (χ0v) is 12.3. The molecule has 0 aliphatic rings. The highest BCUT2D eigenvalue weighted by atomic mass is 32.1. The molecule has 2 rings (SSSR count). The predicted octanol–water partition coefficient (Wildman–Crippen LogP) is 1.71. The van der Waals surface area contributed by atoms with Gasteiger partial charge in [-0.2, -0.15) is 0 Å². The molecular formula is C13H21N5S. The van der Waals surface area contributed by atoms with Crippen LogP contribution >= 0.6 is 11.3 Å². The fourth-order valence-electron chi connectivity index (χ4n) is 1.88. The lowest BCUT2D eigenvalue weighted by atomic mass is 10.2. The summed E-state index contributed by atoms with van der Waals surface area (Å²) in [6, 6.07) is 4.74. The van der Waals surface area contributed by atoms with Crippen LogP contribution in [0.4, 0.5) is 0 Å². The van der Waals surface area contributed by atoms with Crippen LogP contribution in [0.5, 0.6) is 0 Å². The number of aromatic nitrogens is 3. The van der Waals surface area contributed by atoms with E-state index in [2.05, 4.69) is 46.6 Å². The minimum absolute atomic E-state index is 0.474. The van der Waals surface area contributed by atoms with Crippen molar-refractivity contribution in [1.82, 2.24) is 19.9 Å². The van der Waals surface area contributed by atoms with Gasteiger partial charge in [-0.15, -0.1) is 16.4 Å². The average molecular weight is 279 g/mol. The lowest BCUT2D eigenvalue weighted by Crippen LogP contribution is -2.29. The molecule has 6 heteroatoms. The van der Waals surface area contributed by atoms with Crippen LogP contribution in [0.15, 0.2) is 23.7 Å². The second-order valence-electron chi connectivity index (χ2n) is 4.84. The molecule has 0 saturated carbocycles. The molecule has 0 unspecified atom stereocenters. The third-order valence-electron chi connectivity index (χ3n) is 2.98. The van der Waals surface area contributed by atoms with Crippen molar-refractivity contribution in [2.75, 3.05) is 6.54 Å². The van der Waals surface area contributed by atoms with Crippen LogP contribution in [0.3, 0.4) is 0 Å². The van der Waals surface area contributed by atoms with Crippen molar-refractivity contribution in [3.8, 4) is 0 Å². The van der Waals surface area contributed by atoms with Crippen molar-refractivity contribution < 1.29 is 0 Å². The number of hydrogen-bond donors (Lipinski definition) is 1. The molecule has 0 aliphatic carbocycles. The Bertz CT molecular complexity index is 477. The molecule has 19 heavy (non-hydrogen) atoms. The summed E-state index contributed by atoms with van der Waals surface area (Å²) < 4.78 is 1.80. The molecule has 0 fully saturated rings. The predicted molar refractivity (Wildman–Crippen MR) is 77.8 cm³/mol. The highest BCUT2D eigenvalue weighted by Crippen LogP contribution is 2.15.